The number of aromatic nitrogens is 2. The molecule has 2 aliphatic rings. The first-order chi connectivity index (χ1) is 9.65. The van der Waals surface area contributed by atoms with Crippen LogP contribution in [0.25, 0.3) is 11.3 Å². The largest absolute Gasteiger partial charge is 0.383 e. The number of rotatable bonds is 3. The van der Waals surface area contributed by atoms with Crippen molar-refractivity contribution in [3.05, 3.63) is 34.6 Å². The van der Waals surface area contributed by atoms with Gasteiger partial charge in [-0.2, -0.15) is 0 Å². The quantitative estimate of drug-likeness (QED) is 0.914. The van der Waals surface area contributed by atoms with E-state index in [1.54, 1.807) is 0 Å². The molecule has 0 unspecified atom stereocenters. The van der Waals surface area contributed by atoms with Gasteiger partial charge in [0.1, 0.15) is 17.3 Å². The van der Waals surface area contributed by atoms with Gasteiger partial charge in [0.15, 0.2) is 0 Å². The number of benzene rings is 1. The highest BCUT2D eigenvalue weighted by Crippen LogP contribution is 2.48. The molecule has 1 aromatic heterocycles. The zero-order chi connectivity index (χ0) is 13.9. The molecule has 1 aromatic carbocycles. The van der Waals surface area contributed by atoms with Crippen LogP contribution in [0.1, 0.15) is 49.0 Å². The van der Waals surface area contributed by atoms with Crippen LogP contribution in [0.2, 0.25) is 5.02 Å². The molecule has 0 bridgehead atoms. The predicted octanol–water partition coefficient (Wildman–Crippen LogP) is 4.31. The number of nitrogens with zero attached hydrogens (tertiary/aromatic N) is 2. The van der Waals surface area contributed by atoms with E-state index in [-0.39, 0.29) is 0 Å². The molecule has 104 valence electrons. The maximum Gasteiger partial charge on any atom is 0.132 e. The summed E-state index contributed by atoms with van der Waals surface area (Å²) in [4.78, 5) is 4.89. The molecule has 2 N–H and O–H groups in total. The Balaban J connectivity index is 1.87. The minimum absolute atomic E-state index is 0.583. The fourth-order valence-electron chi connectivity index (χ4n) is 2.90. The molecule has 3 nitrogen and oxygen atoms in total. The predicted molar refractivity (Wildman–Crippen MR) is 82.1 cm³/mol. The lowest BCUT2D eigenvalue weighted by atomic mass is 10.1. The van der Waals surface area contributed by atoms with Gasteiger partial charge < -0.3 is 10.3 Å². The lowest BCUT2D eigenvalue weighted by molar-refractivity contribution is 0.691. The van der Waals surface area contributed by atoms with Crippen molar-refractivity contribution in [3.8, 4) is 11.3 Å². The molecule has 0 spiro atoms. The summed E-state index contributed by atoms with van der Waals surface area (Å²) < 4.78 is 2.29. The van der Waals surface area contributed by atoms with Crippen LogP contribution in [0.3, 0.4) is 0 Å². The number of hydrogen-bond donors (Lipinski definition) is 1. The molecular formula is C16H18ClN3. The fraction of sp³-hybridized carbons (Fsp3) is 0.438. The van der Waals surface area contributed by atoms with Crippen molar-refractivity contribution in [2.45, 2.75) is 44.6 Å². The molecule has 0 radical (unpaired) electrons. The van der Waals surface area contributed by atoms with Crippen LogP contribution >= 0.6 is 11.6 Å². The molecule has 2 saturated carbocycles. The van der Waals surface area contributed by atoms with E-state index in [9.17, 15) is 0 Å². The molecular weight excluding hydrogens is 270 g/mol. The molecule has 0 saturated heterocycles. The first-order valence-corrected chi connectivity index (χ1v) is 7.67. The second kappa shape index (κ2) is 4.26. The number of nitrogen functional groups attached to an aromatic ring is 1. The van der Waals surface area contributed by atoms with Crippen molar-refractivity contribution in [2.24, 2.45) is 0 Å². The van der Waals surface area contributed by atoms with Gasteiger partial charge in [0.05, 0.1) is 0 Å². The Labute approximate surface area is 123 Å². The first-order valence-electron chi connectivity index (χ1n) is 7.29. The van der Waals surface area contributed by atoms with E-state index >= 15 is 0 Å². The Kier molecular flexibility index (Phi) is 2.61. The molecule has 4 rings (SSSR count). The number of nitrogens with two attached hydrogens (primary N) is 1. The van der Waals surface area contributed by atoms with Gasteiger partial charge in [0.25, 0.3) is 0 Å². The number of halogens is 1. The van der Waals surface area contributed by atoms with Crippen LogP contribution in [0.15, 0.2) is 18.2 Å². The number of aryl methyl sites for hydroxylation is 1. The average molecular weight is 288 g/mol. The van der Waals surface area contributed by atoms with E-state index in [1.165, 1.54) is 31.5 Å². The summed E-state index contributed by atoms with van der Waals surface area (Å²) in [5.74, 6) is 2.66. The molecule has 2 aliphatic carbocycles. The number of anilines is 1. The van der Waals surface area contributed by atoms with Gasteiger partial charge in [-0.1, -0.05) is 17.7 Å². The van der Waals surface area contributed by atoms with E-state index in [0.29, 0.717) is 12.0 Å². The summed E-state index contributed by atoms with van der Waals surface area (Å²) in [7, 11) is 0. The van der Waals surface area contributed by atoms with Crippen LogP contribution in [-0.2, 0) is 0 Å². The van der Waals surface area contributed by atoms with E-state index in [0.717, 1.165) is 27.7 Å². The van der Waals surface area contributed by atoms with Crippen LogP contribution in [0, 0.1) is 6.92 Å². The molecule has 0 amide bonds. The molecule has 2 aromatic rings. The van der Waals surface area contributed by atoms with Gasteiger partial charge in [-0.15, -0.1) is 0 Å². The Morgan fingerprint density at radius 3 is 2.60 bits per heavy atom. The minimum atomic E-state index is 0.583. The van der Waals surface area contributed by atoms with Gasteiger partial charge in [-0.05, 0) is 50.3 Å². The van der Waals surface area contributed by atoms with Crippen molar-refractivity contribution in [1.29, 1.82) is 0 Å². The minimum Gasteiger partial charge on any atom is -0.383 e. The van der Waals surface area contributed by atoms with Crippen molar-refractivity contribution in [2.75, 3.05) is 5.73 Å². The fourth-order valence-corrected chi connectivity index (χ4v) is 3.13. The maximum atomic E-state index is 6.42. The highest BCUT2D eigenvalue weighted by Gasteiger charge is 2.36. The molecule has 20 heavy (non-hydrogen) atoms. The van der Waals surface area contributed by atoms with E-state index in [2.05, 4.69) is 11.5 Å². The SMILES string of the molecule is Cc1cc(Cl)ccc1-c1nc(C2CC2)n(C2CC2)c1N. The second-order valence-electron chi connectivity index (χ2n) is 6.04. The summed E-state index contributed by atoms with van der Waals surface area (Å²) in [6.07, 6.45) is 4.98. The number of hydrogen-bond acceptors (Lipinski definition) is 2. The molecule has 1 heterocycles. The van der Waals surface area contributed by atoms with Crippen molar-refractivity contribution >= 4 is 17.4 Å². The molecule has 0 atom stereocenters. The summed E-state index contributed by atoms with van der Waals surface area (Å²) in [5, 5.41) is 0.758. The Morgan fingerprint density at radius 2 is 2.00 bits per heavy atom. The van der Waals surface area contributed by atoms with E-state index in [1.807, 2.05) is 18.2 Å². The average Bonchev–Trinajstić information content (AvgIpc) is 3.29. The van der Waals surface area contributed by atoms with Gasteiger partial charge in [0, 0.05) is 22.5 Å². The molecule has 0 aliphatic heterocycles. The zero-order valence-electron chi connectivity index (χ0n) is 11.6. The third-order valence-corrected chi connectivity index (χ3v) is 4.51. The van der Waals surface area contributed by atoms with E-state index < -0.39 is 0 Å². The van der Waals surface area contributed by atoms with Crippen LogP contribution < -0.4 is 5.73 Å². The third-order valence-electron chi connectivity index (χ3n) is 4.27. The van der Waals surface area contributed by atoms with Crippen LogP contribution in [0.4, 0.5) is 5.82 Å². The van der Waals surface area contributed by atoms with Gasteiger partial charge in [-0.25, -0.2) is 4.98 Å². The monoisotopic (exact) mass is 287 g/mol. The summed E-state index contributed by atoms with van der Waals surface area (Å²) in [6, 6.07) is 6.50. The second-order valence-corrected chi connectivity index (χ2v) is 6.47. The van der Waals surface area contributed by atoms with Gasteiger partial charge in [-0.3, -0.25) is 0 Å². The molecule has 2 fully saturated rings. The Hall–Kier alpha value is -1.48. The number of imidazole rings is 1. The Morgan fingerprint density at radius 1 is 1.25 bits per heavy atom. The lowest BCUT2D eigenvalue weighted by Gasteiger charge is -2.08. The first kappa shape index (κ1) is 12.3. The highest BCUT2D eigenvalue weighted by molar-refractivity contribution is 6.30. The Bertz CT molecular complexity index is 681. The van der Waals surface area contributed by atoms with Crippen LogP contribution in [-0.4, -0.2) is 9.55 Å². The van der Waals surface area contributed by atoms with Crippen LogP contribution in [0.5, 0.6) is 0 Å². The highest BCUT2D eigenvalue weighted by atomic mass is 35.5. The molecule has 4 heteroatoms. The van der Waals surface area contributed by atoms with E-state index in [4.69, 9.17) is 22.3 Å². The summed E-state index contributed by atoms with van der Waals surface area (Å²) in [5.41, 5.74) is 9.59. The standard InChI is InChI=1S/C16H18ClN3/c1-9-8-11(17)4-7-13(9)14-15(18)20(12-5-6-12)16(19-14)10-2-3-10/h4,7-8,10,12H,2-3,5-6,18H2,1H3. The lowest BCUT2D eigenvalue weighted by Crippen LogP contribution is -2.04. The third kappa shape index (κ3) is 1.92. The normalized spacial score (nSPS) is 18.5. The summed E-state index contributed by atoms with van der Waals surface area (Å²) in [6.45, 7) is 2.06. The smallest absolute Gasteiger partial charge is 0.132 e. The van der Waals surface area contributed by atoms with Crippen molar-refractivity contribution in [1.82, 2.24) is 9.55 Å². The van der Waals surface area contributed by atoms with Gasteiger partial charge in [0.2, 0.25) is 0 Å². The topological polar surface area (TPSA) is 43.8 Å². The maximum absolute atomic E-state index is 6.42. The zero-order valence-corrected chi connectivity index (χ0v) is 12.3. The van der Waals surface area contributed by atoms with Crippen molar-refractivity contribution in [3.63, 3.8) is 0 Å². The van der Waals surface area contributed by atoms with Crippen molar-refractivity contribution < 1.29 is 0 Å². The summed E-state index contributed by atoms with van der Waals surface area (Å²) >= 11 is 6.04. The van der Waals surface area contributed by atoms with Gasteiger partial charge >= 0.3 is 0 Å².